The third-order valence-corrected chi connectivity index (χ3v) is 4.36. The maximum absolute atomic E-state index is 5.85. The van der Waals surface area contributed by atoms with Gasteiger partial charge >= 0.3 is 0 Å². The predicted octanol–water partition coefficient (Wildman–Crippen LogP) is 5.37. The lowest BCUT2D eigenvalue weighted by atomic mass is 10.2. The molecule has 0 radical (unpaired) electrons. The molecule has 1 aromatic carbocycles. The van der Waals surface area contributed by atoms with Crippen molar-refractivity contribution >= 4 is 40.6 Å². The zero-order valence-electron chi connectivity index (χ0n) is 14.7. The van der Waals surface area contributed by atoms with Crippen molar-refractivity contribution in [2.75, 3.05) is 17.8 Å². The topological polar surface area (TPSA) is 47.0 Å². The number of benzene rings is 1. The van der Waals surface area contributed by atoms with E-state index in [1.807, 2.05) is 37.4 Å². The van der Waals surface area contributed by atoms with Crippen molar-refractivity contribution in [2.45, 2.75) is 26.3 Å². The number of hydrogen-bond acceptors (Lipinski definition) is 4. The minimum Gasteiger partial charge on any atom is -0.493 e. The lowest BCUT2D eigenvalue weighted by molar-refractivity contribution is 0.307. The van der Waals surface area contributed by atoms with Crippen LogP contribution < -0.4 is 10.1 Å². The summed E-state index contributed by atoms with van der Waals surface area (Å²) in [5.74, 6) is 1.56. The van der Waals surface area contributed by atoms with Gasteiger partial charge in [0.05, 0.1) is 36.2 Å². The lowest BCUT2D eigenvalue weighted by Crippen LogP contribution is -2.06. The van der Waals surface area contributed by atoms with Crippen LogP contribution in [0.1, 0.15) is 24.1 Å². The summed E-state index contributed by atoms with van der Waals surface area (Å²) in [6.45, 7) is 3.35. The molecule has 3 aromatic rings. The van der Waals surface area contributed by atoms with Crippen LogP contribution in [0.3, 0.4) is 0 Å². The Morgan fingerprint density at radius 1 is 1.12 bits per heavy atom. The van der Waals surface area contributed by atoms with Gasteiger partial charge in [0.25, 0.3) is 0 Å². The summed E-state index contributed by atoms with van der Waals surface area (Å²) in [7, 11) is 0. The fraction of sp³-hybridized carbons (Fsp3) is 0.300. The van der Waals surface area contributed by atoms with Crippen molar-refractivity contribution in [3.05, 3.63) is 60.0 Å². The van der Waals surface area contributed by atoms with Crippen LogP contribution >= 0.6 is 24.0 Å². The number of nitrogens with zero attached hydrogens (tertiary/aromatic N) is 2. The Balaban J connectivity index is 0.00000243. The molecular formula is C20H23Cl2N3O. The largest absolute Gasteiger partial charge is 0.493 e. The van der Waals surface area contributed by atoms with Crippen molar-refractivity contribution in [1.29, 1.82) is 0 Å². The van der Waals surface area contributed by atoms with Crippen LogP contribution in [-0.4, -0.2) is 22.5 Å². The third-order valence-electron chi connectivity index (χ3n) is 4.09. The number of unbranched alkanes of at least 4 members (excludes halogenated alkanes) is 1. The van der Waals surface area contributed by atoms with E-state index in [1.54, 1.807) is 6.20 Å². The molecule has 0 amide bonds. The molecule has 0 saturated heterocycles. The minimum absolute atomic E-state index is 0. The Morgan fingerprint density at radius 3 is 2.81 bits per heavy atom. The molecule has 2 aromatic heterocycles. The van der Waals surface area contributed by atoms with Gasteiger partial charge in [-0.3, -0.25) is 9.97 Å². The van der Waals surface area contributed by atoms with Crippen molar-refractivity contribution in [2.24, 2.45) is 0 Å². The van der Waals surface area contributed by atoms with Gasteiger partial charge in [-0.2, -0.15) is 0 Å². The van der Waals surface area contributed by atoms with E-state index in [9.17, 15) is 0 Å². The fourth-order valence-electron chi connectivity index (χ4n) is 2.63. The average molecular weight is 392 g/mol. The van der Waals surface area contributed by atoms with Crippen LogP contribution in [-0.2, 0) is 6.54 Å². The molecule has 0 spiro atoms. The van der Waals surface area contributed by atoms with Crippen molar-refractivity contribution in [3.8, 4) is 5.75 Å². The second-order valence-corrected chi connectivity index (χ2v) is 6.27. The number of alkyl halides is 1. The number of aromatic nitrogens is 2. The first-order valence-corrected chi connectivity index (χ1v) is 9.03. The van der Waals surface area contributed by atoms with E-state index in [0.29, 0.717) is 19.0 Å². The highest BCUT2D eigenvalue weighted by molar-refractivity contribution is 6.17. The molecule has 6 heteroatoms. The highest BCUT2D eigenvalue weighted by atomic mass is 35.5. The first kappa shape index (κ1) is 20.3. The molecule has 0 atom stereocenters. The number of halogens is 2. The summed E-state index contributed by atoms with van der Waals surface area (Å²) < 4.78 is 5.85. The van der Waals surface area contributed by atoms with Gasteiger partial charge < -0.3 is 10.1 Å². The molecule has 0 aliphatic rings. The average Bonchev–Trinajstić information content (AvgIpc) is 2.65. The van der Waals surface area contributed by atoms with Gasteiger partial charge in [-0.05, 0) is 38.0 Å². The molecule has 26 heavy (non-hydrogen) atoms. The highest BCUT2D eigenvalue weighted by Crippen LogP contribution is 2.22. The number of rotatable bonds is 8. The monoisotopic (exact) mass is 391 g/mol. The number of hydrogen-bond donors (Lipinski definition) is 1. The molecular weight excluding hydrogens is 369 g/mol. The zero-order chi connectivity index (χ0) is 17.5. The third kappa shape index (κ3) is 5.23. The molecule has 0 aliphatic heterocycles. The Labute approximate surface area is 165 Å². The normalized spacial score (nSPS) is 10.4. The van der Waals surface area contributed by atoms with Gasteiger partial charge in [0, 0.05) is 23.0 Å². The number of nitrogens with one attached hydrogen (secondary N) is 1. The lowest BCUT2D eigenvalue weighted by Gasteiger charge is -2.13. The predicted molar refractivity (Wildman–Crippen MR) is 111 cm³/mol. The Morgan fingerprint density at radius 2 is 1.96 bits per heavy atom. The quantitative estimate of drug-likeness (QED) is 0.414. The van der Waals surface area contributed by atoms with Crippen molar-refractivity contribution in [1.82, 2.24) is 9.97 Å². The molecule has 1 N–H and O–H groups in total. The zero-order valence-corrected chi connectivity index (χ0v) is 16.3. The Hall–Kier alpha value is -2.04. The maximum Gasteiger partial charge on any atom is 0.125 e. The van der Waals surface area contributed by atoms with E-state index in [2.05, 4.69) is 27.4 Å². The van der Waals surface area contributed by atoms with Crippen molar-refractivity contribution < 1.29 is 4.74 Å². The summed E-state index contributed by atoms with van der Waals surface area (Å²) in [6.07, 6.45) is 5.57. The van der Waals surface area contributed by atoms with Gasteiger partial charge in [-0.15, -0.1) is 24.0 Å². The van der Waals surface area contributed by atoms with E-state index in [0.717, 1.165) is 46.4 Å². The smallest absolute Gasteiger partial charge is 0.125 e. The van der Waals surface area contributed by atoms with Crippen LogP contribution in [0.15, 0.2) is 48.8 Å². The summed E-state index contributed by atoms with van der Waals surface area (Å²) >= 11 is 5.70. The number of pyridine rings is 2. The SMILES string of the molecule is Cc1c(OCCCCCl)ccnc1CNc1cnc2ccccc2c1.Cl. The van der Waals surface area contributed by atoms with E-state index in [-0.39, 0.29) is 12.4 Å². The molecule has 3 rings (SSSR count). The standard InChI is InChI=1S/C20H22ClN3O.ClH/c1-15-19(22-10-8-20(15)25-11-5-4-9-21)14-23-17-12-16-6-2-3-7-18(16)24-13-17;/h2-3,6-8,10,12-13,23H,4-5,9,11,14H2,1H3;1H. The van der Waals surface area contributed by atoms with Crippen molar-refractivity contribution in [3.63, 3.8) is 0 Å². The van der Waals surface area contributed by atoms with E-state index in [1.165, 1.54) is 0 Å². The van der Waals surface area contributed by atoms with Crippen LogP contribution in [0, 0.1) is 6.92 Å². The maximum atomic E-state index is 5.85. The molecule has 0 fully saturated rings. The van der Waals surface area contributed by atoms with Crippen LogP contribution in [0.2, 0.25) is 0 Å². The second-order valence-electron chi connectivity index (χ2n) is 5.90. The molecule has 0 unspecified atom stereocenters. The number of fused-ring (bicyclic) bond motifs is 1. The van der Waals surface area contributed by atoms with Gasteiger partial charge in [0.1, 0.15) is 5.75 Å². The molecule has 2 heterocycles. The van der Waals surface area contributed by atoms with Gasteiger partial charge in [-0.25, -0.2) is 0 Å². The molecule has 4 nitrogen and oxygen atoms in total. The molecule has 0 bridgehead atoms. The molecule has 138 valence electrons. The van der Waals surface area contributed by atoms with Crippen LogP contribution in [0.25, 0.3) is 10.9 Å². The van der Waals surface area contributed by atoms with E-state index < -0.39 is 0 Å². The first-order valence-electron chi connectivity index (χ1n) is 8.50. The number of ether oxygens (including phenoxy) is 1. The fourth-order valence-corrected chi connectivity index (χ4v) is 2.81. The molecule has 0 saturated carbocycles. The summed E-state index contributed by atoms with van der Waals surface area (Å²) in [5, 5.41) is 4.52. The number of para-hydroxylation sites is 1. The summed E-state index contributed by atoms with van der Waals surface area (Å²) in [5.41, 5.74) is 4.01. The van der Waals surface area contributed by atoms with Crippen LogP contribution in [0.5, 0.6) is 5.75 Å². The van der Waals surface area contributed by atoms with Gasteiger partial charge in [-0.1, -0.05) is 18.2 Å². The van der Waals surface area contributed by atoms with E-state index in [4.69, 9.17) is 16.3 Å². The van der Waals surface area contributed by atoms with Crippen LogP contribution in [0.4, 0.5) is 5.69 Å². The Kier molecular flexibility index (Phi) is 7.95. The summed E-state index contributed by atoms with van der Waals surface area (Å²) in [6, 6.07) is 12.1. The molecule has 0 aliphatic carbocycles. The highest BCUT2D eigenvalue weighted by Gasteiger charge is 2.07. The van der Waals surface area contributed by atoms with E-state index >= 15 is 0 Å². The first-order chi connectivity index (χ1) is 12.3. The summed E-state index contributed by atoms with van der Waals surface area (Å²) in [4.78, 5) is 8.95. The van der Waals surface area contributed by atoms with Gasteiger partial charge in [0.15, 0.2) is 0 Å². The number of anilines is 1. The minimum atomic E-state index is 0. The second kappa shape index (κ2) is 10.2. The Bertz CT molecular complexity index is 842. The van der Waals surface area contributed by atoms with Gasteiger partial charge in [0.2, 0.25) is 0 Å².